The Hall–Kier alpha value is -3.34. The van der Waals surface area contributed by atoms with E-state index in [9.17, 15) is 4.79 Å². The Morgan fingerprint density at radius 1 is 1.12 bits per heavy atom. The van der Waals surface area contributed by atoms with E-state index in [4.69, 9.17) is 9.84 Å². The summed E-state index contributed by atoms with van der Waals surface area (Å²) in [6.07, 6.45) is 2.56. The van der Waals surface area contributed by atoms with Gasteiger partial charge in [0.05, 0.1) is 36.4 Å². The van der Waals surface area contributed by atoms with Crippen molar-refractivity contribution in [3.05, 3.63) is 54.6 Å². The van der Waals surface area contributed by atoms with Crippen LogP contribution in [0.5, 0.6) is 0 Å². The summed E-state index contributed by atoms with van der Waals surface area (Å²) >= 11 is 0. The van der Waals surface area contributed by atoms with Gasteiger partial charge in [-0.05, 0) is 30.3 Å². The van der Waals surface area contributed by atoms with Gasteiger partial charge in [-0.2, -0.15) is 5.10 Å². The highest BCUT2D eigenvalue weighted by atomic mass is 19.1. The molecule has 2 fully saturated rings. The van der Waals surface area contributed by atoms with Gasteiger partial charge < -0.3 is 9.84 Å². The minimum absolute atomic E-state index is 0.162. The molecular weight excluding hydrogens is 439 g/mol. The van der Waals surface area contributed by atoms with E-state index in [1.54, 1.807) is 24.5 Å². The number of amides is 1. The molecule has 1 amide bonds. The Morgan fingerprint density at radius 3 is 2.68 bits per heavy atom. The number of carbonyl (C=O) groups excluding carboxylic acids is 1. The van der Waals surface area contributed by atoms with E-state index in [1.807, 2.05) is 18.2 Å². The SMILES string of the molecule is O=C1OC(CN2CCN(CCO)CC2)CN1c1ccc(-c2[nH]ncc2-c2ccccn2)c(F)c1. The smallest absolute Gasteiger partial charge is 0.414 e. The third kappa shape index (κ3) is 4.65. The van der Waals surface area contributed by atoms with Crippen LogP contribution in [0.15, 0.2) is 48.8 Å². The molecule has 34 heavy (non-hydrogen) atoms. The molecule has 5 rings (SSSR count). The minimum Gasteiger partial charge on any atom is -0.443 e. The molecule has 3 aromatic rings. The number of halogens is 1. The van der Waals surface area contributed by atoms with Gasteiger partial charge >= 0.3 is 6.09 Å². The number of ether oxygens (including phenoxy) is 1. The van der Waals surface area contributed by atoms with Crippen molar-refractivity contribution < 1.29 is 19.0 Å². The first kappa shape index (κ1) is 22.5. The quantitative estimate of drug-likeness (QED) is 0.551. The number of hydrogen-bond donors (Lipinski definition) is 2. The maximum atomic E-state index is 15.2. The number of aliphatic hydroxyl groups excluding tert-OH is 1. The number of nitrogens with one attached hydrogen (secondary N) is 1. The molecule has 0 bridgehead atoms. The largest absolute Gasteiger partial charge is 0.443 e. The Morgan fingerprint density at radius 2 is 1.94 bits per heavy atom. The van der Waals surface area contributed by atoms with Crippen LogP contribution in [0.2, 0.25) is 0 Å². The summed E-state index contributed by atoms with van der Waals surface area (Å²) in [5.74, 6) is -0.463. The second-order valence-corrected chi connectivity index (χ2v) is 8.52. The number of hydrogen-bond acceptors (Lipinski definition) is 7. The number of aromatic nitrogens is 3. The summed E-state index contributed by atoms with van der Waals surface area (Å²) in [6.45, 7) is 5.34. The highest BCUT2D eigenvalue weighted by molar-refractivity contribution is 5.90. The molecule has 0 radical (unpaired) electrons. The summed E-state index contributed by atoms with van der Waals surface area (Å²) in [6, 6.07) is 10.2. The van der Waals surface area contributed by atoms with Gasteiger partial charge in [0.2, 0.25) is 0 Å². The van der Waals surface area contributed by atoms with E-state index in [0.29, 0.717) is 47.8 Å². The predicted octanol–water partition coefficient (Wildman–Crippen LogP) is 2.21. The van der Waals surface area contributed by atoms with Crippen molar-refractivity contribution in [2.75, 3.05) is 57.3 Å². The highest BCUT2D eigenvalue weighted by Crippen LogP contribution is 2.33. The maximum Gasteiger partial charge on any atom is 0.414 e. The standard InChI is InChI=1S/C24H27FN6O3/c25-21-13-17(4-5-19(21)23-20(14-27-28-23)22-3-1-2-6-26-22)31-16-18(34-24(31)33)15-30-9-7-29(8-10-30)11-12-32/h1-6,13-14,18,32H,7-12,15-16H2,(H,27,28). The Labute approximate surface area is 196 Å². The van der Waals surface area contributed by atoms with Crippen LogP contribution in [0.3, 0.4) is 0 Å². The second-order valence-electron chi connectivity index (χ2n) is 8.52. The molecule has 1 aromatic carbocycles. The van der Waals surface area contributed by atoms with Crippen molar-refractivity contribution in [2.45, 2.75) is 6.10 Å². The molecule has 1 unspecified atom stereocenters. The van der Waals surface area contributed by atoms with Gasteiger partial charge in [0.1, 0.15) is 11.9 Å². The molecule has 0 aliphatic carbocycles. The van der Waals surface area contributed by atoms with Crippen LogP contribution in [0, 0.1) is 5.82 Å². The normalized spacial score (nSPS) is 19.5. The van der Waals surface area contributed by atoms with Gasteiger partial charge in [-0.1, -0.05) is 6.07 Å². The van der Waals surface area contributed by atoms with Gasteiger partial charge in [-0.3, -0.25) is 24.8 Å². The molecule has 2 saturated heterocycles. The van der Waals surface area contributed by atoms with Gasteiger partial charge in [-0.25, -0.2) is 9.18 Å². The molecule has 4 heterocycles. The predicted molar refractivity (Wildman–Crippen MR) is 125 cm³/mol. The molecule has 9 nitrogen and oxygen atoms in total. The number of β-amino-alcohol motifs (C(OH)–C–C–N with tert-alkyl or cyclic N) is 1. The van der Waals surface area contributed by atoms with Crippen molar-refractivity contribution in [1.82, 2.24) is 25.0 Å². The summed E-state index contributed by atoms with van der Waals surface area (Å²) < 4.78 is 20.8. The number of piperazine rings is 1. The van der Waals surface area contributed by atoms with Crippen LogP contribution in [-0.2, 0) is 4.74 Å². The number of aliphatic hydroxyl groups is 1. The molecule has 178 valence electrons. The average Bonchev–Trinajstić information content (AvgIpc) is 3.48. The maximum absolute atomic E-state index is 15.2. The fraction of sp³-hybridized carbons (Fsp3) is 0.375. The average molecular weight is 467 g/mol. The number of rotatable bonds is 7. The van der Waals surface area contributed by atoms with Gasteiger partial charge in [0.15, 0.2) is 0 Å². The zero-order valence-corrected chi connectivity index (χ0v) is 18.7. The second kappa shape index (κ2) is 9.88. The lowest BCUT2D eigenvalue weighted by Gasteiger charge is -2.35. The third-order valence-electron chi connectivity index (χ3n) is 6.33. The fourth-order valence-electron chi connectivity index (χ4n) is 4.53. The van der Waals surface area contributed by atoms with E-state index in [0.717, 1.165) is 26.2 Å². The van der Waals surface area contributed by atoms with Crippen LogP contribution < -0.4 is 4.90 Å². The zero-order valence-electron chi connectivity index (χ0n) is 18.7. The molecule has 2 aliphatic rings. The van der Waals surface area contributed by atoms with E-state index in [-0.39, 0.29) is 12.7 Å². The Kier molecular flexibility index (Phi) is 6.52. The van der Waals surface area contributed by atoms with Crippen LogP contribution >= 0.6 is 0 Å². The lowest BCUT2D eigenvalue weighted by molar-refractivity contribution is 0.0706. The number of cyclic esters (lactones) is 1. The zero-order chi connectivity index (χ0) is 23.5. The van der Waals surface area contributed by atoms with Crippen molar-refractivity contribution in [1.29, 1.82) is 0 Å². The number of carbonyl (C=O) groups is 1. The molecular formula is C24H27FN6O3. The van der Waals surface area contributed by atoms with E-state index >= 15 is 4.39 Å². The highest BCUT2D eigenvalue weighted by Gasteiger charge is 2.34. The topological polar surface area (TPSA) is 97.8 Å². The number of H-pyrrole nitrogens is 1. The summed E-state index contributed by atoms with van der Waals surface area (Å²) in [7, 11) is 0. The number of nitrogens with zero attached hydrogens (tertiary/aromatic N) is 5. The van der Waals surface area contributed by atoms with Crippen molar-refractivity contribution in [3.8, 4) is 22.5 Å². The monoisotopic (exact) mass is 466 g/mol. The summed E-state index contributed by atoms with van der Waals surface area (Å²) in [5, 5.41) is 16.0. The number of aromatic amines is 1. The lowest BCUT2D eigenvalue weighted by Crippen LogP contribution is -2.49. The number of pyridine rings is 1. The minimum atomic E-state index is -0.466. The van der Waals surface area contributed by atoms with Crippen molar-refractivity contribution >= 4 is 11.8 Å². The number of benzene rings is 1. The number of anilines is 1. The third-order valence-corrected chi connectivity index (χ3v) is 6.33. The lowest BCUT2D eigenvalue weighted by atomic mass is 10.0. The van der Waals surface area contributed by atoms with Crippen LogP contribution in [0.25, 0.3) is 22.5 Å². The van der Waals surface area contributed by atoms with Gasteiger partial charge in [0, 0.05) is 56.6 Å². The molecule has 0 spiro atoms. The van der Waals surface area contributed by atoms with Crippen LogP contribution in [-0.4, -0.2) is 94.7 Å². The van der Waals surface area contributed by atoms with Crippen LogP contribution in [0.1, 0.15) is 0 Å². The van der Waals surface area contributed by atoms with E-state index < -0.39 is 11.9 Å². The van der Waals surface area contributed by atoms with E-state index in [1.165, 1.54) is 11.0 Å². The van der Waals surface area contributed by atoms with Crippen molar-refractivity contribution in [3.63, 3.8) is 0 Å². The van der Waals surface area contributed by atoms with Crippen LogP contribution in [0.4, 0.5) is 14.9 Å². The van der Waals surface area contributed by atoms with Gasteiger partial charge in [-0.15, -0.1) is 0 Å². The van der Waals surface area contributed by atoms with Crippen molar-refractivity contribution in [2.24, 2.45) is 0 Å². The fourth-order valence-corrected chi connectivity index (χ4v) is 4.53. The van der Waals surface area contributed by atoms with Gasteiger partial charge in [0.25, 0.3) is 0 Å². The first-order chi connectivity index (χ1) is 16.6. The summed E-state index contributed by atoms with van der Waals surface area (Å²) in [4.78, 5) is 22.8. The first-order valence-electron chi connectivity index (χ1n) is 11.4. The molecule has 1 atom stereocenters. The molecule has 2 N–H and O–H groups in total. The first-order valence-corrected chi connectivity index (χ1v) is 11.4. The molecule has 2 aliphatic heterocycles. The molecule has 10 heteroatoms. The Balaban J connectivity index is 1.27. The molecule has 2 aromatic heterocycles. The molecule has 0 saturated carbocycles. The summed E-state index contributed by atoms with van der Waals surface area (Å²) in [5.41, 5.74) is 2.74. The van der Waals surface area contributed by atoms with E-state index in [2.05, 4.69) is 25.0 Å². The Bertz CT molecular complexity index is 1130.